The smallest absolute Gasteiger partial charge is 0.407 e. The van der Waals surface area contributed by atoms with E-state index in [2.05, 4.69) is 9.97 Å². The normalized spacial score (nSPS) is 17.5. The molecule has 9 nitrogen and oxygen atoms in total. The summed E-state index contributed by atoms with van der Waals surface area (Å²) in [5.41, 5.74) is 3.01. The van der Waals surface area contributed by atoms with Gasteiger partial charge in [0.05, 0.1) is 27.5 Å². The molecule has 1 aliphatic rings. The number of aryl methyl sites for hydroxylation is 2. The number of carboxylic acid groups (broad SMARTS) is 1. The maximum Gasteiger partial charge on any atom is 0.407 e. The number of nitrogens with zero attached hydrogens (tertiary/aromatic N) is 6. The number of amides is 1. The van der Waals surface area contributed by atoms with Crippen LogP contribution in [0.3, 0.4) is 0 Å². The first-order valence-electron chi connectivity index (χ1n) is 13.5. The Labute approximate surface area is 242 Å². The summed E-state index contributed by atoms with van der Waals surface area (Å²) < 4.78 is 16.5. The number of halogens is 2. The number of rotatable bonds is 4. The summed E-state index contributed by atoms with van der Waals surface area (Å²) in [4.78, 5) is 43.0. The average Bonchev–Trinajstić information content (AvgIpc) is 2.90. The third-order valence-electron chi connectivity index (χ3n) is 7.54. The zero-order valence-corrected chi connectivity index (χ0v) is 24.6. The Kier molecular flexibility index (Phi) is 7.46. The van der Waals surface area contributed by atoms with E-state index in [1.807, 2.05) is 52.5 Å². The predicted octanol–water partition coefficient (Wildman–Crippen LogP) is 5.95. The second kappa shape index (κ2) is 10.7. The first-order valence-corrected chi connectivity index (χ1v) is 13.9. The van der Waals surface area contributed by atoms with Crippen molar-refractivity contribution in [3.63, 3.8) is 0 Å². The van der Waals surface area contributed by atoms with Gasteiger partial charge in [0, 0.05) is 36.9 Å². The van der Waals surface area contributed by atoms with E-state index in [1.165, 1.54) is 15.5 Å². The lowest BCUT2D eigenvalue weighted by Gasteiger charge is -2.44. The monoisotopic (exact) mass is 578 g/mol. The fraction of sp³-hybridized carbons (Fsp3) is 0.367. The van der Waals surface area contributed by atoms with Crippen LogP contribution < -0.4 is 10.6 Å². The fourth-order valence-electron chi connectivity index (χ4n) is 5.69. The standard InChI is InChI=1S/C30H32ClFN6O3/c1-15(2)24-26(17(4)9-10-33-24)38-27-21(12-22(31)25(34-27)20-11-16(3)7-8-23(20)32)28(35-29(38)39)37-18(5)13-36(30(40)41)14-19(37)6/h7-12,15,18-19H,13-14H2,1-6H3,(H,40,41)/t18-,19-/m0/s1. The number of hydrogen-bond acceptors (Lipinski definition) is 6. The summed E-state index contributed by atoms with van der Waals surface area (Å²) in [6.07, 6.45) is 0.700. The Balaban J connectivity index is 1.87. The van der Waals surface area contributed by atoms with Crippen LogP contribution in [0.25, 0.3) is 28.0 Å². The Morgan fingerprint density at radius 1 is 1.10 bits per heavy atom. The summed E-state index contributed by atoms with van der Waals surface area (Å²) in [5.74, 6) is -0.152. The number of anilines is 1. The van der Waals surface area contributed by atoms with E-state index in [4.69, 9.17) is 16.6 Å². The third kappa shape index (κ3) is 5.01. The molecular formula is C30H32ClFN6O3. The largest absolute Gasteiger partial charge is 0.465 e. The molecule has 0 saturated carbocycles. The van der Waals surface area contributed by atoms with Crippen LogP contribution in [-0.2, 0) is 0 Å². The van der Waals surface area contributed by atoms with Gasteiger partial charge < -0.3 is 14.9 Å². The Bertz CT molecular complexity index is 1730. The van der Waals surface area contributed by atoms with E-state index >= 15 is 4.39 Å². The van der Waals surface area contributed by atoms with Gasteiger partial charge in [0.1, 0.15) is 11.6 Å². The van der Waals surface area contributed by atoms with Gasteiger partial charge in [-0.05, 0) is 63.4 Å². The van der Waals surface area contributed by atoms with Crippen molar-refractivity contribution in [3.8, 4) is 16.9 Å². The number of aromatic nitrogens is 4. The molecule has 1 N–H and O–H groups in total. The number of piperazine rings is 1. The molecule has 0 unspecified atom stereocenters. The highest BCUT2D eigenvalue weighted by Gasteiger charge is 2.35. The van der Waals surface area contributed by atoms with Gasteiger partial charge in [0.15, 0.2) is 5.65 Å². The van der Waals surface area contributed by atoms with E-state index in [0.29, 0.717) is 22.6 Å². The van der Waals surface area contributed by atoms with E-state index in [-0.39, 0.29) is 53.0 Å². The van der Waals surface area contributed by atoms with Crippen LogP contribution in [0.15, 0.2) is 41.3 Å². The third-order valence-corrected chi connectivity index (χ3v) is 7.83. The van der Waals surface area contributed by atoms with Crippen LogP contribution in [0, 0.1) is 19.7 Å². The van der Waals surface area contributed by atoms with Gasteiger partial charge in [-0.1, -0.05) is 37.1 Å². The second-order valence-corrected chi connectivity index (χ2v) is 11.4. The van der Waals surface area contributed by atoms with Crippen LogP contribution in [-0.4, -0.2) is 60.8 Å². The molecule has 0 bridgehead atoms. The van der Waals surface area contributed by atoms with Crippen molar-refractivity contribution >= 4 is 34.5 Å². The molecule has 1 aliphatic heterocycles. The second-order valence-electron chi connectivity index (χ2n) is 11.0. The summed E-state index contributed by atoms with van der Waals surface area (Å²) in [5, 5.41) is 10.3. The molecule has 1 saturated heterocycles. The number of carbonyl (C=O) groups is 1. The molecular weight excluding hydrogens is 547 g/mol. The van der Waals surface area contributed by atoms with Crippen molar-refractivity contribution in [2.45, 2.75) is 59.5 Å². The van der Waals surface area contributed by atoms with Crippen molar-refractivity contribution in [3.05, 3.63) is 74.7 Å². The molecule has 2 atom stereocenters. The molecule has 1 amide bonds. The quantitative estimate of drug-likeness (QED) is 0.319. The SMILES string of the molecule is Cc1ccc(F)c(-c2nc3c(cc2Cl)c(N2[C@@H](C)CN(C(=O)O)C[C@@H]2C)nc(=O)n3-c2c(C)ccnc2C(C)C)c1. The molecule has 1 fully saturated rings. The minimum absolute atomic E-state index is 0.0170. The van der Waals surface area contributed by atoms with E-state index < -0.39 is 17.6 Å². The van der Waals surface area contributed by atoms with Crippen molar-refractivity contribution in [1.29, 1.82) is 0 Å². The van der Waals surface area contributed by atoms with Gasteiger partial charge in [0.2, 0.25) is 0 Å². The Morgan fingerprint density at radius 3 is 2.41 bits per heavy atom. The van der Waals surface area contributed by atoms with Crippen molar-refractivity contribution < 1.29 is 14.3 Å². The Morgan fingerprint density at radius 2 is 1.78 bits per heavy atom. The van der Waals surface area contributed by atoms with Crippen molar-refractivity contribution in [2.24, 2.45) is 0 Å². The predicted molar refractivity (Wildman–Crippen MR) is 158 cm³/mol. The lowest BCUT2D eigenvalue weighted by molar-refractivity contribution is 0.128. The summed E-state index contributed by atoms with van der Waals surface area (Å²) >= 11 is 6.80. The highest BCUT2D eigenvalue weighted by molar-refractivity contribution is 6.33. The van der Waals surface area contributed by atoms with Gasteiger partial charge >= 0.3 is 11.8 Å². The highest BCUT2D eigenvalue weighted by atomic mass is 35.5. The maximum absolute atomic E-state index is 15.1. The lowest BCUT2D eigenvalue weighted by Crippen LogP contribution is -2.58. The van der Waals surface area contributed by atoms with Crippen molar-refractivity contribution in [2.75, 3.05) is 18.0 Å². The van der Waals surface area contributed by atoms with Gasteiger partial charge in [-0.25, -0.2) is 23.5 Å². The maximum atomic E-state index is 15.1. The number of benzene rings is 1. The van der Waals surface area contributed by atoms with Crippen LogP contribution in [0.2, 0.25) is 5.02 Å². The fourth-order valence-corrected chi connectivity index (χ4v) is 5.95. The van der Waals surface area contributed by atoms with E-state index in [9.17, 15) is 14.7 Å². The highest BCUT2D eigenvalue weighted by Crippen LogP contribution is 2.37. The molecule has 0 spiro atoms. The molecule has 41 heavy (non-hydrogen) atoms. The zero-order chi connectivity index (χ0) is 29.7. The molecule has 3 aromatic heterocycles. The first-order chi connectivity index (χ1) is 19.4. The molecule has 0 radical (unpaired) electrons. The molecule has 11 heteroatoms. The summed E-state index contributed by atoms with van der Waals surface area (Å²) in [6, 6.07) is 7.61. The minimum Gasteiger partial charge on any atom is -0.465 e. The topological polar surface area (TPSA) is 104 Å². The average molecular weight is 579 g/mol. The number of pyridine rings is 2. The molecule has 4 aromatic rings. The molecule has 214 valence electrons. The zero-order valence-electron chi connectivity index (χ0n) is 23.8. The van der Waals surface area contributed by atoms with Gasteiger partial charge in [-0.15, -0.1) is 0 Å². The summed E-state index contributed by atoms with van der Waals surface area (Å²) in [7, 11) is 0. The van der Waals surface area contributed by atoms with E-state index in [1.54, 1.807) is 24.4 Å². The van der Waals surface area contributed by atoms with Gasteiger partial charge in [-0.2, -0.15) is 4.98 Å². The molecule has 1 aromatic carbocycles. The lowest BCUT2D eigenvalue weighted by atomic mass is 10.0. The van der Waals surface area contributed by atoms with Gasteiger partial charge in [0.25, 0.3) is 0 Å². The van der Waals surface area contributed by atoms with Crippen LogP contribution in [0.5, 0.6) is 0 Å². The number of fused-ring (bicyclic) bond motifs is 1. The van der Waals surface area contributed by atoms with Crippen LogP contribution in [0.1, 0.15) is 50.4 Å². The van der Waals surface area contributed by atoms with Crippen molar-refractivity contribution in [1.82, 2.24) is 24.4 Å². The summed E-state index contributed by atoms with van der Waals surface area (Å²) in [6.45, 7) is 12.0. The Hall–Kier alpha value is -4.05. The minimum atomic E-state index is -1.00. The molecule has 4 heterocycles. The van der Waals surface area contributed by atoms with Crippen LogP contribution in [0.4, 0.5) is 15.0 Å². The molecule has 5 rings (SSSR count). The first kappa shape index (κ1) is 28.5. The molecule has 0 aliphatic carbocycles. The van der Waals surface area contributed by atoms with Crippen LogP contribution >= 0.6 is 11.6 Å². The number of hydrogen-bond donors (Lipinski definition) is 1. The van der Waals surface area contributed by atoms with E-state index in [0.717, 1.165) is 11.1 Å². The van der Waals surface area contributed by atoms with Gasteiger partial charge in [-0.3, -0.25) is 4.98 Å².